The highest BCUT2D eigenvalue weighted by Gasteiger charge is 2.36. The Morgan fingerprint density at radius 3 is 2.78 bits per heavy atom. The third kappa shape index (κ3) is 6.07. The van der Waals surface area contributed by atoms with Crippen molar-refractivity contribution in [2.24, 2.45) is 5.92 Å². The Kier molecular flexibility index (Phi) is 7.04. The summed E-state index contributed by atoms with van der Waals surface area (Å²) in [4.78, 5) is 2.16. The van der Waals surface area contributed by atoms with Crippen molar-refractivity contribution in [3.63, 3.8) is 0 Å². The molecule has 1 aliphatic rings. The molecule has 5 heteroatoms. The normalized spacial score (nSPS) is 23.5. The first-order valence-corrected chi connectivity index (χ1v) is 6.86. The van der Waals surface area contributed by atoms with Gasteiger partial charge in [0.15, 0.2) is 0 Å². The Morgan fingerprint density at radius 1 is 1.39 bits per heavy atom. The van der Waals surface area contributed by atoms with Crippen LogP contribution >= 0.6 is 0 Å². The maximum atomic E-state index is 13.3. The molecule has 0 radical (unpaired) electrons. The van der Waals surface area contributed by atoms with Crippen molar-refractivity contribution in [1.29, 1.82) is 0 Å². The second-order valence-corrected chi connectivity index (χ2v) is 5.05. The summed E-state index contributed by atoms with van der Waals surface area (Å²) in [6.07, 6.45) is 1.62. The minimum atomic E-state index is -2.46. The van der Waals surface area contributed by atoms with Gasteiger partial charge in [0, 0.05) is 25.9 Å². The van der Waals surface area contributed by atoms with Gasteiger partial charge in [-0.3, -0.25) is 0 Å². The van der Waals surface area contributed by atoms with Gasteiger partial charge >= 0.3 is 0 Å². The molecule has 1 unspecified atom stereocenters. The summed E-state index contributed by atoms with van der Waals surface area (Å²) in [5, 5.41) is 8.59. The van der Waals surface area contributed by atoms with Crippen molar-refractivity contribution >= 4 is 0 Å². The van der Waals surface area contributed by atoms with E-state index in [9.17, 15) is 8.78 Å². The van der Waals surface area contributed by atoms with E-state index in [1.54, 1.807) is 0 Å². The monoisotopic (exact) mass is 265 g/mol. The molecule has 1 rings (SSSR count). The van der Waals surface area contributed by atoms with E-state index in [0.717, 1.165) is 26.1 Å². The van der Waals surface area contributed by atoms with E-state index in [2.05, 4.69) is 4.90 Å². The van der Waals surface area contributed by atoms with Gasteiger partial charge in [-0.2, -0.15) is 0 Å². The van der Waals surface area contributed by atoms with Crippen molar-refractivity contribution in [3.8, 4) is 0 Å². The maximum Gasteiger partial charge on any atom is 0.248 e. The number of nitrogens with zero attached hydrogens (tertiary/aromatic N) is 1. The van der Waals surface area contributed by atoms with Crippen LogP contribution in [-0.2, 0) is 4.74 Å². The first kappa shape index (κ1) is 15.8. The highest BCUT2D eigenvalue weighted by atomic mass is 19.3. The summed E-state index contributed by atoms with van der Waals surface area (Å²) in [5.41, 5.74) is 0. The smallest absolute Gasteiger partial charge is 0.248 e. The predicted octanol–water partition coefficient (Wildman–Crippen LogP) is 2.14. The number of halogens is 2. The number of ether oxygens (including phenoxy) is 1. The van der Waals surface area contributed by atoms with Crippen LogP contribution in [0, 0.1) is 5.92 Å². The van der Waals surface area contributed by atoms with Crippen LogP contribution in [0.5, 0.6) is 0 Å². The fourth-order valence-corrected chi connectivity index (χ4v) is 2.54. The van der Waals surface area contributed by atoms with Gasteiger partial charge in [-0.1, -0.05) is 6.92 Å². The zero-order valence-electron chi connectivity index (χ0n) is 11.2. The topological polar surface area (TPSA) is 32.7 Å². The van der Waals surface area contributed by atoms with Crippen LogP contribution in [0.2, 0.25) is 0 Å². The Morgan fingerprint density at radius 2 is 2.17 bits per heavy atom. The van der Waals surface area contributed by atoms with Crippen LogP contribution in [0.3, 0.4) is 0 Å². The lowest BCUT2D eigenvalue weighted by molar-refractivity contribution is -0.0575. The van der Waals surface area contributed by atoms with Crippen LogP contribution in [0.15, 0.2) is 0 Å². The van der Waals surface area contributed by atoms with E-state index in [-0.39, 0.29) is 25.4 Å². The third-order valence-electron chi connectivity index (χ3n) is 3.49. The zero-order valence-corrected chi connectivity index (χ0v) is 11.2. The lowest BCUT2D eigenvalue weighted by atomic mass is 9.86. The number of hydrogen-bond acceptors (Lipinski definition) is 3. The molecule has 0 saturated heterocycles. The average Bonchev–Trinajstić information content (AvgIpc) is 2.32. The van der Waals surface area contributed by atoms with Crippen molar-refractivity contribution in [3.05, 3.63) is 0 Å². The summed E-state index contributed by atoms with van der Waals surface area (Å²) >= 11 is 0. The molecule has 0 aromatic heterocycles. The van der Waals surface area contributed by atoms with Gasteiger partial charge in [0.2, 0.25) is 5.92 Å². The molecule has 0 aliphatic heterocycles. The number of rotatable bonds is 8. The lowest BCUT2D eigenvalue weighted by Crippen LogP contribution is -2.37. The van der Waals surface area contributed by atoms with Gasteiger partial charge in [0.25, 0.3) is 0 Å². The summed E-state index contributed by atoms with van der Waals surface area (Å²) in [6.45, 7) is 5.29. The molecule has 1 atom stereocenters. The van der Waals surface area contributed by atoms with E-state index in [1.807, 2.05) is 6.92 Å². The van der Waals surface area contributed by atoms with Gasteiger partial charge < -0.3 is 14.7 Å². The second kappa shape index (κ2) is 8.02. The summed E-state index contributed by atoms with van der Waals surface area (Å²) in [7, 11) is 0. The van der Waals surface area contributed by atoms with E-state index in [1.165, 1.54) is 0 Å². The van der Waals surface area contributed by atoms with Gasteiger partial charge in [0.1, 0.15) is 0 Å². The van der Waals surface area contributed by atoms with Crippen molar-refractivity contribution in [2.45, 2.75) is 38.5 Å². The van der Waals surface area contributed by atoms with Gasteiger partial charge in [0.05, 0.1) is 19.8 Å². The summed E-state index contributed by atoms with van der Waals surface area (Å²) in [5.74, 6) is -2.36. The molecule has 108 valence electrons. The molecule has 0 aromatic carbocycles. The number of aliphatic hydroxyl groups excluding tert-OH is 1. The number of hydrogen-bond donors (Lipinski definition) is 1. The molecule has 1 N–H and O–H groups in total. The van der Waals surface area contributed by atoms with Crippen LogP contribution < -0.4 is 0 Å². The lowest BCUT2D eigenvalue weighted by Gasteiger charge is -2.32. The fourth-order valence-electron chi connectivity index (χ4n) is 2.54. The molecule has 0 heterocycles. The van der Waals surface area contributed by atoms with Gasteiger partial charge in [-0.25, -0.2) is 8.78 Å². The quantitative estimate of drug-likeness (QED) is 0.683. The molecule has 18 heavy (non-hydrogen) atoms. The minimum Gasteiger partial charge on any atom is -0.394 e. The third-order valence-corrected chi connectivity index (χ3v) is 3.49. The molecular weight excluding hydrogens is 240 g/mol. The van der Waals surface area contributed by atoms with Crippen molar-refractivity contribution < 1.29 is 18.6 Å². The molecule has 1 saturated carbocycles. The molecule has 0 bridgehead atoms. The average molecular weight is 265 g/mol. The first-order chi connectivity index (χ1) is 8.57. The number of likely N-dealkylation sites (N-methyl/N-ethyl adjacent to an activating group) is 1. The molecule has 0 spiro atoms. The Labute approximate surface area is 108 Å². The molecule has 1 fully saturated rings. The second-order valence-electron chi connectivity index (χ2n) is 5.05. The van der Waals surface area contributed by atoms with Crippen LogP contribution in [0.1, 0.15) is 32.6 Å². The standard InChI is InChI=1S/C13H25F2NO2/c1-2-16(6-8-18-9-7-17)11-12-4-3-5-13(14,15)10-12/h12,17H,2-11H2,1H3. The molecule has 1 aliphatic carbocycles. The summed E-state index contributed by atoms with van der Waals surface area (Å²) < 4.78 is 31.8. The number of alkyl halides is 2. The van der Waals surface area contributed by atoms with E-state index in [0.29, 0.717) is 19.6 Å². The predicted molar refractivity (Wildman–Crippen MR) is 66.9 cm³/mol. The maximum absolute atomic E-state index is 13.3. The van der Waals surface area contributed by atoms with E-state index >= 15 is 0 Å². The van der Waals surface area contributed by atoms with Gasteiger partial charge in [-0.15, -0.1) is 0 Å². The molecule has 0 aromatic rings. The zero-order chi connectivity index (χ0) is 13.4. The Hall–Kier alpha value is -0.260. The van der Waals surface area contributed by atoms with Crippen LogP contribution in [-0.4, -0.2) is 55.4 Å². The number of aliphatic hydroxyl groups is 1. The van der Waals surface area contributed by atoms with Crippen LogP contribution in [0.25, 0.3) is 0 Å². The minimum absolute atomic E-state index is 0.0287. The molecule has 0 amide bonds. The molecule has 3 nitrogen and oxygen atoms in total. The SMILES string of the molecule is CCN(CCOCCO)CC1CCCC(F)(F)C1. The van der Waals surface area contributed by atoms with Gasteiger partial charge in [-0.05, 0) is 25.3 Å². The van der Waals surface area contributed by atoms with Crippen LogP contribution in [0.4, 0.5) is 8.78 Å². The van der Waals surface area contributed by atoms with Crippen molar-refractivity contribution in [1.82, 2.24) is 4.90 Å². The first-order valence-electron chi connectivity index (χ1n) is 6.86. The highest BCUT2D eigenvalue weighted by molar-refractivity contribution is 4.80. The van der Waals surface area contributed by atoms with E-state index in [4.69, 9.17) is 9.84 Å². The Bertz CT molecular complexity index is 227. The van der Waals surface area contributed by atoms with E-state index < -0.39 is 5.92 Å². The van der Waals surface area contributed by atoms with Crippen molar-refractivity contribution in [2.75, 3.05) is 39.5 Å². The largest absolute Gasteiger partial charge is 0.394 e. The Balaban J connectivity index is 2.24. The highest BCUT2D eigenvalue weighted by Crippen LogP contribution is 2.36. The summed E-state index contributed by atoms with van der Waals surface area (Å²) in [6, 6.07) is 0. The fraction of sp³-hybridized carbons (Fsp3) is 1.00. The molecular formula is C13H25F2NO2.